The molecule has 0 aliphatic rings. The lowest BCUT2D eigenvalue weighted by molar-refractivity contribution is 0.919. The molecule has 2 rings (SSSR count). The first-order valence-corrected chi connectivity index (χ1v) is 3.32. The Bertz CT molecular complexity index is 534. The number of fused-ring (bicyclic) bond motifs is 1. The Hall–Kier alpha value is -1.89. The van der Waals surface area contributed by atoms with Gasteiger partial charge in [0.1, 0.15) is 5.65 Å². The van der Waals surface area contributed by atoms with Crippen LogP contribution in [-0.2, 0) is 7.05 Å². The minimum Gasteiger partial charge on any atom is -0.344 e. The second-order valence-corrected chi connectivity index (χ2v) is 2.46. The van der Waals surface area contributed by atoms with Crippen molar-refractivity contribution in [1.82, 2.24) is 25.7 Å². The largest absolute Gasteiger partial charge is 0.344 e. The van der Waals surface area contributed by atoms with Crippen LogP contribution in [0.2, 0.25) is 0 Å². The van der Waals surface area contributed by atoms with Crippen LogP contribution in [0.4, 0.5) is 0 Å². The molecule has 7 nitrogen and oxygen atoms in total. The van der Waals surface area contributed by atoms with Gasteiger partial charge in [0.25, 0.3) is 5.56 Å². The SMILES string of the molecule is Cn1cnc2c(=O)[nH]c(=O)[nH]c21.N. The number of nitrogens with one attached hydrogen (secondary N) is 2. The molecule has 7 heteroatoms. The zero-order valence-electron chi connectivity index (χ0n) is 7.00. The highest BCUT2D eigenvalue weighted by molar-refractivity contribution is 5.68. The smallest absolute Gasteiger partial charge is 0.327 e. The van der Waals surface area contributed by atoms with Gasteiger partial charge in [0.05, 0.1) is 6.33 Å². The van der Waals surface area contributed by atoms with Crippen LogP contribution in [0, 0.1) is 0 Å². The summed E-state index contributed by atoms with van der Waals surface area (Å²) in [6.07, 6.45) is 1.47. The average Bonchev–Trinajstić information content (AvgIpc) is 2.33. The minimum absolute atomic E-state index is 0. The zero-order valence-corrected chi connectivity index (χ0v) is 7.00. The summed E-state index contributed by atoms with van der Waals surface area (Å²) in [5.41, 5.74) is -0.300. The van der Waals surface area contributed by atoms with E-state index in [0.29, 0.717) is 5.65 Å². The van der Waals surface area contributed by atoms with Crippen molar-refractivity contribution < 1.29 is 0 Å². The molecule has 0 bridgehead atoms. The molecule has 2 aromatic rings. The number of hydrogen-bond acceptors (Lipinski definition) is 4. The number of rotatable bonds is 0. The van der Waals surface area contributed by atoms with Gasteiger partial charge in [-0.05, 0) is 0 Å². The summed E-state index contributed by atoms with van der Waals surface area (Å²) in [6, 6.07) is 0. The first kappa shape index (κ1) is 9.20. The van der Waals surface area contributed by atoms with Gasteiger partial charge in [-0.1, -0.05) is 0 Å². The molecule has 0 aromatic carbocycles. The van der Waals surface area contributed by atoms with Crippen LogP contribution in [0.3, 0.4) is 0 Å². The molecule has 0 unspecified atom stereocenters. The van der Waals surface area contributed by atoms with E-state index in [1.807, 2.05) is 0 Å². The number of hydrogen-bond donors (Lipinski definition) is 3. The fourth-order valence-corrected chi connectivity index (χ4v) is 1.04. The van der Waals surface area contributed by atoms with E-state index in [9.17, 15) is 9.59 Å². The minimum atomic E-state index is -0.517. The molecule has 0 saturated heterocycles. The molecule has 5 N–H and O–H groups in total. The van der Waals surface area contributed by atoms with Gasteiger partial charge in [-0.15, -0.1) is 0 Å². The van der Waals surface area contributed by atoms with Crippen LogP contribution in [0.15, 0.2) is 15.9 Å². The quantitative estimate of drug-likeness (QED) is 0.491. The summed E-state index contributed by atoms with van der Waals surface area (Å²) in [5.74, 6) is 0. The van der Waals surface area contributed by atoms with Gasteiger partial charge in [-0.3, -0.25) is 14.8 Å². The van der Waals surface area contributed by atoms with E-state index in [1.165, 1.54) is 6.33 Å². The maximum atomic E-state index is 11.1. The number of H-pyrrole nitrogens is 2. The Labute approximate surface area is 72.0 Å². The number of aromatic nitrogens is 4. The third-order valence-electron chi connectivity index (χ3n) is 1.61. The number of aryl methyl sites for hydroxylation is 1. The molecule has 2 heterocycles. The van der Waals surface area contributed by atoms with Crippen LogP contribution in [-0.4, -0.2) is 19.5 Å². The maximum Gasteiger partial charge on any atom is 0.327 e. The summed E-state index contributed by atoms with van der Waals surface area (Å²) >= 11 is 0. The third-order valence-corrected chi connectivity index (χ3v) is 1.61. The summed E-state index contributed by atoms with van der Waals surface area (Å²) < 4.78 is 1.58. The molecule has 70 valence electrons. The molecule has 0 saturated carbocycles. The highest BCUT2D eigenvalue weighted by Gasteiger charge is 2.03. The third kappa shape index (κ3) is 1.25. The fraction of sp³-hybridized carbons (Fsp3) is 0.167. The highest BCUT2D eigenvalue weighted by atomic mass is 16.2. The monoisotopic (exact) mass is 183 g/mol. The topological polar surface area (TPSA) is 119 Å². The lowest BCUT2D eigenvalue weighted by Gasteiger charge is -1.90. The number of imidazole rings is 1. The normalized spacial score (nSPS) is 9.92. The van der Waals surface area contributed by atoms with E-state index in [0.717, 1.165) is 0 Å². The van der Waals surface area contributed by atoms with Gasteiger partial charge < -0.3 is 10.7 Å². The highest BCUT2D eigenvalue weighted by Crippen LogP contribution is 1.97. The molecule has 0 aliphatic heterocycles. The van der Waals surface area contributed by atoms with Crippen molar-refractivity contribution in [3.05, 3.63) is 27.2 Å². The van der Waals surface area contributed by atoms with Gasteiger partial charge >= 0.3 is 5.69 Å². The molecular formula is C6H9N5O2. The Kier molecular flexibility index (Phi) is 2.03. The second-order valence-electron chi connectivity index (χ2n) is 2.46. The molecule has 0 spiro atoms. The van der Waals surface area contributed by atoms with Crippen molar-refractivity contribution in [3.63, 3.8) is 0 Å². The summed E-state index contributed by atoms with van der Waals surface area (Å²) in [7, 11) is 1.70. The van der Waals surface area contributed by atoms with Crippen molar-refractivity contribution in [2.45, 2.75) is 0 Å². The lowest BCUT2D eigenvalue weighted by atomic mass is 10.5. The van der Waals surface area contributed by atoms with E-state index >= 15 is 0 Å². The van der Waals surface area contributed by atoms with Crippen LogP contribution >= 0.6 is 0 Å². The standard InChI is InChI=1S/C6H6N4O2.H3N/c1-10-2-7-3-4(10)8-6(12)9-5(3)11;/h2H,1H3,(H2,8,9,11,12);1H3. The lowest BCUT2D eigenvalue weighted by Crippen LogP contribution is -2.22. The van der Waals surface area contributed by atoms with Gasteiger partial charge in [0, 0.05) is 7.05 Å². The molecule has 0 aliphatic carbocycles. The Morgan fingerprint density at radius 2 is 2.08 bits per heavy atom. The van der Waals surface area contributed by atoms with Crippen LogP contribution in [0.5, 0.6) is 0 Å². The van der Waals surface area contributed by atoms with Crippen molar-refractivity contribution in [2.75, 3.05) is 0 Å². The Morgan fingerprint density at radius 3 is 2.77 bits per heavy atom. The van der Waals surface area contributed by atoms with E-state index in [-0.39, 0.29) is 11.7 Å². The molecule has 0 amide bonds. The Balaban J connectivity index is 0.000000845. The molecule has 0 fully saturated rings. The van der Waals surface area contributed by atoms with E-state index < -0.39 is 11.2 Å². The van der Waals surface area contributed by atoms with Crippen molar-refractivity contribution in [2.24, 2.45) is 7.05 Å². The van der Waals surface area contributed by atoms with Gasteiger partial charge in [0.15, 0.2) is 5.52 Å². The molecule has 2 aromatic heterocycles. The zero-order chi connectivity index (χ0) is 8.72. The molecule has 0 atom stereocenters. The van der Waals surface area contributed by atoms with Gasteiger partial charge in [0.2, 0.25) is 0 Å². The Morgan fingerprint density at radius 1 is 1.38 bits per heavy atom. The van der Waals surface area contributed by atoms with Crippen LogP contribution < -0.4 is 17.4 Å². The van der Waals surface area contributed by atoms with Crippen LogP contribution in [0.1, 0.15) is 0 Å². The predicted octanol–water partition coefficient (Wildman–Crippen LogP) is -0.888. The molecule has 13 heavy (non-hydrogen) atoms. The van der Waals surface area contributed by atoms with Gasteiger partial charge in [-0.2, -0.15) is 0 Å². The molecule has 0 radical (unpaired) electrons. The number of nitrogens with zero attached hydrogens (tertiary/aromatic N) is 2. The summed E-state index contributed by atoms with van der Waals surface area (Å²) in [4.78, 5) is 30.2. The van der Waals surface area contributed by atoms with Crippen molar-refractivity contribution in [1.29, 1.82) is 0 Å². The fourth-order valence-electron chi connectivity index (χ4n) is 1.04. The van der Waals surface area contributed by atoms with E-state index in [4.69, 9.17) is 0 Å². The van der Waals surface area contributed by atoms with E-state index in [2.05, 4.69) is 15.0 Å². The van der Waals surface area contributed by atoms with Gasteiger partial charge in [-0.25, -0.2) is 9.78 Å². The summed E-state index contributed by atoms with van der Waals surface area (Å²) in [5, 5.41) is 0. The molecular weight excluding hydrogens is 174 g/mol. The van der Waals surface area contributed by atoms with E-state index in [1.54, 1.807) is 11.6 Å². The predicted molar refractivity (Wildman–Crippen MR) is 47.0 cm³/mol. The maximum absolute atomic E-state index is 11.1. The second kappa shape index (κ2) is 2.87. The van der Waals surface area contributed by atoms with Crippen LogP contribution in [0.25, 0.3) is 11.2 Å². The summed E-state index contributed by atoms with van der Waals surface area (Å²) in [6.45, 7) is 0. The average molecular weight is 183 g/mol. The number of aromatic amines is 2. The van der Waals surface area contributed by atoms with Crippen molar-refractivity contribution in [3.8, 4) is 0 Å². The van der Waals surface area contributed by atoms with Crippen molar-refractivity contribution >= 4 is 11.2 Å². The first-order chi connectivity index (χ1) is 5.68. The first-order valence-electron chi connectivity index (χ1n) is 3.32.